The Kier molecular flexibility index (Phi) is 2.55. The summed E-state index contributed by atoms with van der Waals surface area (Å²) in [5.41, 5.74) is 0.399. The van der Waals surface area contributed by atoms with Gasteiger partial charge < -0.3 is 14.8 Å². The van der Waals surface area contributed by atoms with Crippen LogP contribution in [0.4, 0.5) is 0 Å². The van der Waals surface area contributed by atoms with Gasteiger partial charge in [0.15, 0.2) is 5.78 Å². The summed E-state index contributed by atoms with van der Waals surface area (Å²) >= 11 is 0. The highest BCUT2D eigenvalue weighted by molar-refractivity contribution is 6.01. The highest BCUT2D eigenvalue weighted by Gasteiger charge is 2.25. The predicted octanol–water partition coefficient (Wildman–Crippen LogP) is 1.07. The van der Waals surface area contributed by atoms with E-state index in [9.17, 15) is 9.59 Å². The van der Waals surface area contributed by atoms with Crippen LogP contribution in [-0.2, 0) is 4.74 Å². The van der Waals surface area contributed by atoms with Crippen LogP contribution in [0.15, 0.2) is 12.3 Å². The number of carbonyl (C=O) groups is 2. The van der Waals surface area contributed by atoms with E-state index in [4.69, 9.17) is 9.84 Å². The van der Waals surface area contributed by atoms with Crippen LogP contribution in [-0.4, -0.2) is 34.6 Å². The number of hydrogen-bond donors (Lipinski definition) is 2. The van der Waals surface area contributed by atoms with E-state index < -0.39 is 12.1 Å². The molecule has 2 heterocycles. The van der Waals surface area contributed by atoms with Crippen molar-refractivity contribution in [3.05, 3.63) is 23.5 Å². The predicted molar refractivity (Wildman–Crippen MR) is 51.1 cm³/mol. The topological polar surface area (TPSA) is 79.4 Å². The summed E-state index contributed by atoms with van der Waals surface area (Å²) in [6.07, 6.45) is 2.61. The first-order valence-corrected chi connectivity index (χ1v) is 4.76. The van der Waals surface area contributed by atoms with E-state index in [0.29, 0.717) is 18.6 Å². The number of hydrogen-bond acceptors (Lipinski definition) is 3. The first-order valence-electron chi connectivity index (χ1n) is 4.76. The van der Waals surface area contributed by atoms with E-state index in [1.807, 2.05) is 0 Å². The lowest BCUT2D eigenvalue weighted by Gasteiger charge is -2.05. The number of rotatable bonds is 3. The van der Waals surface area contributed by atoms with Crippen LogP contribution in [0, 0.1) is 0 Å². The molecule has 80 valence electrons. The number of nitrogens with one attached hydrogen (secondary N) is 1. The lowest BCUT2D eigenvalue weighted by molar-refractivity contribution is 0.0643. The third-order valence-electron chi connectivity index (χ3n) is 2.42. The molecule has 2 rings (SSSR count). The average Bonchev–Trinajstić information content (AvgIpc) is 2.88. The summed E-state index contributed by atoms with van der Waals surface area (Å²) in [5, 5.41) is 8.67. The standard InChI is InChI=1S/C10H11NO4/c12-9(8-2-1-3-15-8)6-4-7(10(13)14)11-5-6/h4-5,8,11H,1-3H2,(H,13,14). The molecule has 0 aliphatic carbocycles. The molecule has 0 amide bonds. The maximum absolute atomic E-state index is 11.7. The van der Waals surface area contributed by atoms with Gasteiger partial charge in [-0.3, -0.25) is 4.79 Å². The Balaban J connectivity index is 2.14. The van der Waals surface area contributed by atoms with Crippen molar-refractivity contribution in [1.82, 2.24) is 4.98 Å². The van der Waals surface area contributed by atoms with Crippen LogP contribution in [0.5, 0.6) is 0 Å². The minimum absolute atomic E-state index is 0.0244. The van der Waals surface area contributed by atoms with Gasteiger partial charge in [-0.15, -0.1) is 0 Å². The number of aromatic carboxylic acids is 1. The zero-order valence-corrected chi connectivity index (χ0v) is 8.03. The average molecular weight is 209 g/mol. The number of ether oxygens (including phenoxy) is 1. The number of carbonyl (C=O) groups excluding carboxylic acids is 1. The third-order valence-corrected chi connectivity index (χ3v) is 2.42. The second kappa shape index (κ2) is 3.86. The minimum Gasteiger partial charge on any atom is -0.477 e. The molecule has 1 aromatic heterocycles. The molecular formula is C10H11NO4. The summed E-state index contributed by atoms with van der Waals surface area (Å²) in [4.78, 5) is 24.9. The van der Waals surface area contributed by atoms with Crippen molar-refractivity contribution in [2.24, 2.45) is 0 Å². The largest absolute Gasteiger partial charge is 0.477 e. The second-order valence-electron chi connectivity index (χ2n) is 3.47. The van der Waals surface area contributed by atoms with E-state index in [1.54, 1.807) is 0 Å². The van der Waals surface area contributed by atoms with E-state index >= 15 is 0 Å². The summed E-state index contributed by atoms with van der Waals surface area (Å²) in [6.45, 7) is 0.604. The van der Waals surface area contributed by atoms with Gasteiger partial charge in [0.2, 0.25) is 0 Å². The molecule has 0 spiro atoms. The van der Waals surface area contributed by atoms with Crippen LogP contribution >= 0.6 is 0 Å². The fraction of sp³-hybridized carbons (Fsp3) is 0.400. The Morgan fingerprint density at radius 2 is 2.33 bits per heavy atom. The number of carboxylic acids is 1. The number of ketones is 1. The van der Waals surface area contributed by atoms with E-state index in [2.05, 4.69) is 4.98 Å². The number of aromatic nitrogens is 1. The molecule has 1 unspecified atom stereocenters. The van der Waals surface area contributed by atoms with Gasteiger partial charge in [-0.1, -0.05) is 0 Å². The van der Waals surface area contributed by atoms with Crippen LogP contribution in [0.2, 0.25) is 0 Å². The second-order valence-corrected chi connectivity index (χ2v) is 3.47. The van der Waals surface area contributed by atoms with Crippen molar-refractivity contribution in [3.63, 3.8) is 0 Å². The van der Waals surface area contributed by atoms with Crippen molar-refractivity contribution >= 4 is 11.8 Å². The third kappa shape index (κ3) is 1.92. The molecule has 15 heavy (non-hydrogen) atoms. The number of aromatic amines is 1. The molecule has 1 saturated heterocycles. The normalized spacial score (nSPS) is 20.4. The SMILES string of the molecule is O=C(O)c1cc(C(=O)C2CCCO2)c[nH]1. The van der Waals surface area contributed by atoms with Crippen molar-refractivity contribution in [2.75, 3.05) is 6.61 Å². The van der Waals surface area contributed by atoms with Gasteiger partial charge in [0.25, 0.3) is 0 Å². The lowest BCUT2D eigenvalue weighted by atomic mass is 10.1. The van der Waals surface area contributed by atoms with Crippen molar-refractivity contribution in [2.45, 2.75) is 18.9 Å². The smallest absolute Gasteiger partial charge is 0.352 e. The summed E-state index contributed by atoms with van der Waals surface area (Å²) in [7, 11) is 0. The number of carboxylic acid groups (broad SMARTS) is 1. The zero-order chi connectivity index (χ0) is 10.8. The fourth-order valence-corrected chi connectivity index (χ4v) is 1.63. The minimum atomic E-state index is -1.07. The molecule has 5 nitrogen and oxygen atoms in total. The first-order chi connectivity index (χ1) is 7.18. The molecule has 0 bridgehead atoms. The summed E-state index contributed by atoms with van der Waals surface area (Å²) < 4.78 is 5.23. The van der Waals surface area contributed by atoms with Crippen LogP contribution in [0.3, 0.4) is 0 Å². The molecule has 1 aliphatic heterocycles. The molecule has 1 atom stereocenters. The Morgan fingerprint density at radius 1 is 1.53 bits per heavy atom. The van der Waals surface area contributed by atoms with Gasteiger partial charge in [-0.2, -0.15) is 0 Å². The molecule has 0 aromatic carbocycles. The van der Waals surface area contributed by atoms with Crippen molar-refractivity contribution < 1.29 is 19.4 Å². The van der Waals surface area contributed by atoms with Gasteiger partial charge in [0.05, 0.1) is 0 Å². The van der Waals surface area contributed by atoms with Gasteiger partial charge in [0.1, 0.15) is 11.8 Å². The highest BCUT2D eigenvalue weighted by atomic mass is 16.5. The molecule has 0 radical (unpaired) electrons. The van der Waals surface area contributed by atoms with E-state index in [-0.39, 0.29) is 11.5 Å². The van der Waals surface area contributed by atoms with Crippen LogP contribution < -0.4 is 0 Å². The first kappa shape index (κ1) is 9.92. The molecule has 2 N–H and O–H groups in total. The Morgan fingerprint density at radius 3 is 2.87 bits per heavy atom. The maximum Gasteiger partial charge on any atom is 0.352 e. The van der Waals surface area contributed by atoms with Gasteiger partial charge in [0, 0.05) is 18.4 Å². The molecule has 5 heteroatoms. The molecule has 1 aliphatic rings. The highest BCUT2D eigenvalue weighted by Crippen LogP contribution is 2.17. The fourth-order valence-electron chi connectivity index (χ4n) is 1.63. The van der Waals surface area contributed by atoms with E-state index in [0.717, 1.165) is 6.42 Å². The van der Waals surface area contributed by atoms with Crippen LogP contribution in [0.25, 0.3) is 0 Å². The van der Waals surface area contributed by atoms with Crippen LogP contribution in [0.1, 0.15) is 33.7 Å². The van der Waals surface area contributed by atoms with Gasteiger partial charge in [-0.05, 0) is 18.9 Å². The van der Waals surface area contributed by atoms with Gasteiger partial charge in [-0.25, -0.2) is 4.79 Å². The monoisotopic (exact) mass is 209 g/mol. The van der Waals surface area contributed by atoms with E-state index in [1.165, 1.54) is 12.3 Å². The molecule has 1 aromatic rings. The summed E-state index contributed by atoms with van der Waals surface area (Å²) in [5.74, 6) is -1.21. The number of H-pyrrole nitrogens is 1. The quantitative estimate of drug-likeness (QED) is 0.730. The Bertz CT molecular complexity index is 390. The lowest BCUT2D eigenvalue weighted by Crippen LogP contribution is -2.18. The molecule has 0 saturated carbocycles. The molecular weight excluding hydrogens is 198 g/mol. The molecule has 1 fully saturated rings. The zero-order valence-electron chi connectivity index (χ0n) is 8.03. The van der Waals surface area contributed by atoms with Crippen molar-refractivity contribution in [1.29, 1.82) is 0 Å². The van der Waals surface area contributed by atoms with Gasteiger partial charge >= 0.3 is 5.97 Å². The van der Waals surface area contributed by atoms with Crippen molar-refractivity contribution in [3.8, 4) is 0 Å². The Labute approximate surface area is 86.1 Å². The maximum atomic E-state index is 11.7. The summed E-state index contributed by atoms with van der Waals surface area (Å²) in [6, 6.07) is 1.34. The Hall–Kier alpha value is -1.62. The number of Topliss-reactive ketones (excluding diaryl/α,β-unsaturated/α-hetero) is 1.